The third-order valence-electron chi connectivity index (χ3n) is 4.07. The van der Waals surface area contributed by atoms with Crippen molar-refractivity contribution in [1.82, 2.24) is 15.2 Å². The second kappa shape index (κ2) is 8.47. The minimum absolute atomic E-state index is 0.0764. The Morgan fingerprint density at radius 2 is 2.08 bits per heavy atom. The number of amides is 2. The topological polar surface area (TPSA) is 66.8 Å². The number of pyridine rings is 1. The molecule has 2 heterocycles. The number of hydrogen-bond donors (Lipinski definition) is 1. The number of carbonyl (C=O) groups excluding carboxylic acids is 1. The van der Waals surface area contributed by atoms with Gasteiger partial charge in [-0.2, -0.15) is 0 Å². The molecule has 6 heteroatoms. The monoisotopic (exact) mass is 352 g/mol. The predicted molar refractivity (Wildman–Crippen MR) is 101 cm³/mol. The van der Waals surface area contributed by atoms with Gasteiger partial charge in [-0.15, -0.1) is 0 Å². The molecular formula is C20H24N4O2. The summed E-state index contributed by atoms with van der Waals surface area (Å²) >= 11 is 0. The van der Waals surface area contributed by atoms with E-state index in [1.165, 1.54) is 0 Å². The molecule has 26 heavy (non-hydrogen) atoms. The lowest BCUT2D eigenvalue weighted by Crippen LogP contribution is -2.45. The minimum Gasteiger partial charge on any atom is -0.390 e. The highest BCUT2D eigenvalue weighted by Gasteiger charge is 2.27. The molecule has 2 amide bonds. The molecule has 0 unspecified atom stereocenters. The fourth-order valence-corrected chi connectivity index (χ4v) is 2.84. The number of urea groups is 1. The smallest absolute Gasteiger partial charge is 0.318 e. The summed E-state index contributed by atoms with van der Waals surface area (Å²) < 4.78 is 0. The lowest BCUT2D eigenvalue weighted by molar-refractivity contribution is 0.0586. The van der Waals surface area contributed by atoms with E-state index in [0.717, 1.165) is 16.8 Å². The van der Waals surface area contributed by atoms with Crippen LogP contribution in [0.2, 0.25) is 0 Å². The van der Waals surface area contributed by atoms with Gasteiger partial charge in [-0.05, 0) is 31.5 Å². The second-order valence-corrected chi connectivity index (χ2v) is 6.68. The zero-order chi connectivity index (χ0) is 18.4. The summed E-state index contributed by atoms with van der Waals surface area (Å²) in [5.41, 5.74) is 2.90. The van der Waals surface area contributed by atoms with Crippen LogP contribution >= 0.6 is 0 Å². The molecule has 1 aliphatic rings. The molecule has 1 N–H and O–H groups in total. The van der Waals surface area contributed by atoms with Gasteiger partial charge >= 0.3 is 6.03 Å². The molecule has 1 aliphatic heterocycles. The summed E-state index contributed by atoms with van der Waals surface area (Å²) in [5.74, 6) is 0. The number of rotatable bonds is 6. The van der Waals surface area contributed by atoms with E-state index in [1.54, 1.807) is 17.3 Å². The quantitative estimate of drug-likeness (QED) is 0.868. The van der Waals surface area contributed by atoms with E-state index >= 15 is 0 Å². The van der Waals surface area contributed by atoms with Crippen LogP contribution in [0.4, 0.5) is 4.79 Å². The van der Waals surface area contributed by atoms with E-state index in [4.69, 9.17) is 4.84 Å². The number of nitrogens with zero attached hydrogens (tertiary/aromatic N) is 3. The second-order valence-electron chi connectivity index (χ2n) is 6.68. The number of hydrogen-bond acceptors (Lipinski definition) is 4. The average Bonchev–Trinajstić information content (AvgIpc) is 3.11. The number of nitrogens with one attached hydrogen (secondary N) is 1. The summed E-state index contributed by atoms with van der Waals surface area (Å²) in [4.78, 5) is 24.1. The van der Waals surface area contributed by atoms with E-state index in [0.29, 0.717) is 19.5 Å². The largest absolute Gasteiger partial charge is 0.390 e. The fourth-order valence-electron chi connectivity index (χ4n) is 2.84. The van der Waals surface area contributed by atoms with Crippen molar-refractivity contribution in [1.29, 1.82) is 0 Å². The first-order chi connectivity index (χ1) is 12.6. The summed E-state index contributed by atoms with van der Waals surface area (Å²) in [5, 5.41) is 7.15. The highest BCUT2D eigenvalue weighted by atomic mass is 16.6. The Bertz CT molecular complexity index is 747. The summed E-state index contributed by atoms with van der Waals surface area (Å²) in [6, 6.07) is 13.8. The Kier molecular flexibility index (Phi) is 5.84. The van der Waals surface area contributed by atoms with Crippen LogP contribution in [0.25, 0.3) is 0 Å². The first-order valence-electron chi connectivity index (χ1n) is 8.84. The van der Waals surface area contributed by atoms with Crippen molar-refractivity contribution in [3.63, 3.8) is 0 Å². The first kappa shape index (κ1) is 17.9. The van der Waals surface area contributed by atoms with Crippen LogP contribution in [0.1, 0.15) is 31.4 Å². The van der Waals surface area contributed by atoms with E-state index in [2.05, 4.69) is 15.5 Å². The van der Waals surface area contributed by atoms with Crippen molar-refractivity contribution in [2.45, 2.75) is 39.0 Å². The number of benzene rings is 1. The van der Waals surface area contributed by atoms with Crippen LogP contribution in [-0.2, 0) is 11.4 Å². The molecule has 1 aromatic heterocycles. The van der Waals surface area contributed by atoms with Gasteiger partial charge in [-0.25, -0.2) is 4.79 Å². The van der Waals surface area contributed by atoms with Gasteiger partial charge in [0.25, 0.3) is 0 Å². The summed E-state index contributed by atoms with van der Waals surface area (Å²) in [6.45, 7) is 4.91. The maximum Gasteiger partial charge on any atom is 0.318 e. The number of oxime groups is 1. The molecule has 1 aromatic carbocycles. The average molecular weight is 352 g/mol. The van der Waals surface area contributed by atoms with Gasteiger partial charge in [0.05, 0.1) is 12.3 Å². The highest BCUT2D eigenvalue weighted by molar-refractivity contribution is 6.01. The van der Waals surface area contributed by atoms with Gasteiger partial charge < -0.3 is 15.1 Å². The van der Waals surface area contributed by atoms with Crippen molar-refractivity contribution in [3.05, 3.63) is 66.0 Å². The van der Waals surface area contributed by atoms with E-state index < -0.39 is 0 Å². The molecular weight excluding hydrogens is 328 g/mol. The van der Waals surface area contributed by atoms with Crippen LogP contribution in [0.3, 0.4) is 0 Å². The van der Waals surface area contributed by atoms with Crippen molar-refractivity contribution in [2.24, 2.45) is 5.16 Å². The zero-order valence-corrected chi connectivity index (χ0v) is 15.1. The molecule has 0 fully saturated rings. The molecule has 0 saturated heterocycles. The number of carbonyl (C=O) groups is 1. The SMILES string of the molecule is CC(C)NC(=O)N(Cc1ccccc1)C[C@H]1CC(c2cccnc2)=NO1. The van der Waals surface area contributed by atoms with Gasteiger partial charge in [0.2, 0.25) is 0 Å². The molecule has 0 spiro atoms. The highest BCUT2D eigenvalue weighted by Crippen LogP contribution is 2.18. The van der Waals surface area contributed by atoms with Gasteiger partial charge in [-0.3, -0.25) is 4.98 Å². The van der Waals surface area contributed by atoms with E-state index in [-0.39, 0.29) is 18.2 Å². The fraction of sp³-hybridized carbons (Fsp3) is 0.350. The van der Waals surface area contributed by atoms with E-state index in [1.807, 2.05) is 56.3 Å². The Hall–Kier alpha value is -2.89. The van der Waals surface area contributed by atoms with Crippen LogP contribution in [0.5, 0.6) is 0 Å². The molecule has 6 nitrogen and oxygen atoms in total. The van der Waals surface area contributed by atoms with Gasteiger partial charge in [0.1, 0.15) is 0 Å². The zero-order valence-electron chi connectivity index (χ0n) is 15.1. The normalized spacial score (nSPS) is 16.1. The molecule has 0 bridgehead atoms. The van der Waals surface area contributed by atoms with Gasteiger partial charge in [0, 0.05) is 37.0 Å². The van der Waals surface area contributed by atoms with Crippen molar-refractivity contribution in [2.75, 3.05) is 6.54 Å². The standard InChI is InChI=1S/C20H24N4O2/c1-15(2)22-20(25)24(13-16-7-4-3-5-8-16)14-18-11-19(23-26-18)17-9-6-10-21-12-17/h3-10,12,15,18H,11,13-14H2,1-2H3,(H,22,25)/t18-/m1/s1. The Morgan fingerprint density at radius 3 is 2.77 bits per heavy atom. The lowest BCUT2D eigenvalue weighted by Gasteiger charge is -2.26. The van der Waals surface area contributed by atoms with Crippen LogP contribution in [-0.4, -0.2) is 40.3 Å². The van der Waals surface area contributed by atoms with Gasteiger partial charge in [0.15, 0.2) is 6.10 Å². The first-order valence-corrected chi connectivity index (χ1v) is 8.84. The molecule has 0 saturated carbocycles. The Morgan fingerprint density at radius 1 is 1.27 bits per heavy atom. The predicted octanol–water partition coefficient (Wildman–Crippen LogP) is 3.19. The molecule has 0 radical (unpaired) electrons. The van der Waals surface area contributed by atoms with Gasteiger partial charge in [-0.1, -0.05) is 35.5 Å². The molecule has 0 aliphatic carbocycles. The summed E-state index contributed by atoms with van der Waals surface area (Å²) in [7, 11) is 0. The number of aromatic nitrogens is 1. The molecule has 2 aromatic rings. The molecule has 136 valence electrons. The minimum atomic E-state index is -0.160. The van der Waals surface area contributed by atoms with Crippen LogP contribution < -0.4 is 5.32 Å². The van der Waals surface area contributed by atoms with Crippen LogP contribution in [0, 0.1) is 0 Å². The van der Waals surface area contributed by atoms with Crippen LogP contribution in [0.15, 0.2) is 60.0 Å². The molecule has 3 rings (SSSR count). The summed E-state index contributed by atoms with van der Waals surface area (Å²) in [6.07, 6.45) is 4.01. The lowest BCUT2D eigenvalue weighted by atomic mass is 10.1. The third-order valence-corrected chi connectivity index (χ3v) is 4.07. The molecule has 1 atom stereocenters. The third kappa shape index (κ3) is 4.81. The Balaban J connectivity index is 1.65. The van der Waals surface area contributed by atoms with Crippen molar-refractivity contribution in [3.8, 4) is 0 Å². The maximum absolute atomic E-state index is 12.6. The van der Waals surface area contributed by atoms with Crippen molar-refractivity contribution >= 4 is 11.7 Å². The van der Waals surface area contributed by atoms with Crippen molar-refractivity contribution < 1.29 is 9.63 Å². The Labute approximate surface area is 153 Å². The van der Waals surface area contributed by atoms with E-state index in [9.17, 15) is 4.79 Å². The maximum atomic E-state index is 12.6.